The second-order valence-corrected chi connectivity index (χ2v) is 6.31. The van der Waals surface area contributed by atoms with E-state index < -0.39 is 0 Å². The standard InChI is InChI=1S/C16H20N6O/c1-10-14-13(18-11(2)19-15(14)21-5-4-6-21)9-22(10)16(23)12-7-17-20(3)8-12/h7-8,10H,4-6,9H2,1-3H3. The van der Waals surface area contributed by atoms with Crippen LogP contribution in [0.5, 0.6) is 0 Å². The number of carbonyl (C=O) groups is 1. The van der Waals surface area contributed by atoms with Crippen LogP contribution in [-0.4, -0.2) is 43.6 Å². The second-order valence-electron chi connectivity index (χ2n) is 6.31. The Labute approximate surface area is 134 Å². The van der Waals surface area contributed by atoms with E-state index in [2.05, 4.69) is 26.9 Å². The number of aryl methyl sites for hydroxylation is 2. The van der Waals surface area contributed by atoms with Crippen LogP contribution in [-0.2, 0) is 13.6 Å². The van der Waals surface area contributed by atoms with E-state index in [1.807, 2.05) is 18.9 Å². The monoisotopic (exact) mass is 312 g/mol. The maximum absolute atomic E-state index is 12.8. The van der Waals surface area contributed by atoms with Gasteiger partial charge in [-0.1, -0.05) is 0 Å². The lowest BCUT2D eigenvalue weighted by Gasteiger charge is -2.34. The molecule has 7 heteroatoms. The van der Waals surface area contributed by atoms with Crippen LogP contribution in [0.15, 0.2) is 12.4 Å². The number of aromatic nitrogens is 4. The number of carbonyl (C=O) groups excluding carboxylic acids is 1. The summed E-state index contributed by atoms with van der Waals surface area (Å²) in [6.07, 6.45) is 4.57. The molecule has 1 unspecified atom stereocenters. The van der Waals surface area contributed by atoms with Crippen LogP contribution in [0.25, 0.3) is 0 Å². The summed E-state index contributed by atoms with van der Waals surface area (Å²) in [5.41, 5.74) is 2.69. The first kappa shape index (κ1) is 14.2. The lowest BCUT2D eigenvalue weighted by molar-refractivity contribution is 0.0704. The van der Waals surface area contributed by atoms with Gasteiger partial charge in [-0.15, -0.1) is 0 Å². The lowest BCUT2D eigenvalue weighted by Crippen LogP contribution is -2.39. The van der Waals surface area contributed by atoms with Crippen molar-refractivity contribution in [1.82, 2.24) is 24.6 Å². The van der Waals surface area contributed by atoms with Crippen molar-refractivity contribution in [3.8, 4) is 0 Å². The number of amides is 1. The Kier molecular flexibility index (Phi) is 3.11. The number of rotatable bonds is 2. The van der Waals surface area contributed by atoms with Gasteiger partial charge in [0.2, 0.25) is 0 Å². The highest BCUT2D eigenvalue weighted by Crippen LogP contribution is 2.39. The maximum atomic E-state index is 12.8. The van der Waals surface area contributed by atoms with Crippen molar-refractivity contribution in [2.75, 3.05) is 18.0 Å². The molecule has 0 aromatic carbocycles. The molecule has 1 atom stereocenters. The summed E-state index contributed by atoms with van der Waals surface area (Å²) < 4.78 is 1.65. The fourth-order valence-electron chi connectivity index (χ4n) is 3.34. The van der Waals surface area contributed by atoms with Gasteiger partial charge in [0.25, 0.3) is 5.91 Å². The largest absolute Gasteiger partial charge is 0.356 e. The van der Waals surface area contributed by atoms with Crippen LogP contribution in [0.2, 0.25) is 0 Å². The molecule has 1 amide bonds. The molecule has 2 aromatic rings. The van der Waals surface area contributed by atoms with E-state index in [0.717, 1.165) is 36.0 Å². The van der Waals surface area contributed by atoms with Crippen LogP contribution < -0.4 is 4.90 Å². The molecule has 2 aliphatic heterocycles. The van der Waals surface area contributed by atoms with Gasteiger partial charge in [0, 0.05) is 31.9 Å². The predicted molar refractivity (Wildman–Crippen MR) is 85.1 cm³/mol. The van der Waals surface area contributed by atoms with E-state index in [1.54, 1.807) is 17.1 Å². The number of hydrogen-bond acceptors (Lipinski definition) is 5. The smallest absolute Gasteiger partial charge is 0.257 e. The first-order valence-electron chi connectivity index (χ1n) is 7.96. The summed E-state index contributed by atoms with van der Waals surface area (Å²) >= 11 is 0. The first-order chi connectivity index (χ1) is 11.0. The summed E-state index contributed by atoms with van der Waals surface area (Å²) in [6, 6.07) is -0.0195. The third kappa shape index (κ3) is 2.18. The van der Waals surface area contributed by atoms with Gasteiger partial charge in [0.05, 0.1) is 30.0 Å². The second kappa shape index (κ2) is 5.04. The Morgan fingerprint density at radius 1 is 1.30 bits per heavy atom. The van der Waals surface area contributed by atoms with Crippen LogP contribution in [0, 0.1) is 6.92 Å². The van der Waals surface area contributed by atoms with Crippen molar-refractivity contribution in [1.29, 1.82) is 0 Å². The van der Waals surface area contributed by atoms with Crippen molar-refractivity contribution in [2.45, 2.75) is 32.9 Å². The SMILES string of the molecule is Cc1nc2c(c(N3CCC3)n1)C(C)N(C(=O)c1cnn(C)c1)C2. The van der Waals surface area contributed by atoms with Crippen LogP contribution in [0.4, 0.5) is 5.82 Å². The average molecular weight is 312 g/mol. The van der Waals surface area contributed by atoms with Gasteiger partial charge in [-0.2, -0.15) is 5.10 Å². The zero-order valence-corrected chi connectivity index (χ0v) is 13.7. The Morgan fingerprint density at radius 3 is 2.70 bits per heavy atom. The Balaban J connectivity index is 1.70. The van der Waals surface area contributed by atoms with Gasteiger partial charge in [-0.3, -0.25) is 9.48 Å². The zero-order valence-electron chi connectivity index (χ0n) is 13.7. The molecule has 0 bridgehead atoms. The fraction of sp³-hybridized carbons (Fsp3) is 0.500. The fourth-order valence-corrected chi connectivity index (χ4v) is 3.34. The van der Waals surface area contributed by atoms with E-state index in [4.69, 9.17) is 0 Å². The minimum atomic E-state index is -0.0195. The van der Waals surface area contributed by atoms with E-state index in [-0.39, 0.29) is 11.9 Å². The van der Waals surface area contributed by atoms with E-state index in [0.29, 0.717) is 12.1 Å². The normalized spacial score (nSPS) is 19.7. The highest BCUT2D eigenvalue weighted by molar-refractivity contribution is 5.94. The minimum absolute atomic E-state index is 0.00388. The molecule has 23 heavy (non-hydrogen) atoms. The summed E-state index contributed by atoms with van der Waals surface area (Å²) in [5.74, 6) is 1.78. The summed E-state index contributed by atoms with van der Waals surface area (Å²) in [5, 5.41) is 4.10. The number of fused-ring (bicyclic) bond motifs is 1. The molecule has 0 radical (unpaired) electrons. The Morgan fingerprint density at radius 2 is 2.09 bits per heavy atom. The topological polar surface area (TPSA) is 67.2 Å². The third-order valence-electron chi connectivity index (χ3n) is 4.69. The number of anilines is 1. The van der Waals surface area contributed by atoms with E-state index in [9.17, 15) is 4.79 Å². The molecule has 1 saturated heterocycles. The molecule has 7 nitrogen and oxygen atoms in total. The highest BCUT2D eigenvalue weighted by Gasteiger charge is 2.37. The van der Waals surface area contributed by atoms with Crippen LogP contribution >= 0.6 is 0 Å². The lowest BCUT2D eigenvalue weighted by atomic mass is 10.1. The molecule has 4 heterocycles. The van der Waals surface area contributed by atoms with Crippen molar-refractivity contribution in [3.05, 3.63) is 35.0 Å². The number of nitrogens with zero attached hydrogens (tertiary/aromatic N) is 6. The zero-order chi connectivity index (χ0) is 16.1. The summed E-state index contributed by atoms with van der Waals surface area (Å²) in [6.45, 7) is 6.58. The van der Waals surface area contributed by atoms with Gasteiger partial charge in [-0.05, 0) is 20.3 Å². The maximum Gasteiger partial charge on any atom is 0.257 e. The summed E-state index contributed by atoms with van der Waals surface area (Å²) in [4.78, 5) is 26.2. The molecular weight excluding hydrogens is 292 g/mol. The molecule has 4 rings (SSSR count). The molecule has 0 saturated carbocycles. The van der Waals surface area contributed by atoms with Gasteiger partial charge >= 0.3 is 0 Å². The van der Waals surface area contributed by atoms with Gasteiger partial charge in [0.15, 0.2) is 0 Å². The van der Waals surface area contributed by atoms with Gasteiger partial charge < -0.3 is 9.80 Å². The molecule has 2 aliphatic rings. The highest BCUT2D eigenvalue weighted by atomic mass is 16.2. The van der Waals surface area contributed by atoms with Crippen molar-refractivity contribution in [2.24, 2.45) is 7.05 Å². The predicted octanol–water partition coefficient (Wildman–Crippen LogP) is 1.45. The van der Waals surface area contributed by atoms with Gasteiger partial charge in [0.1, 0.15) is 11.6 Å². The molecule has 1 fully saturated rings. The Bertz CT molecular complexity index is 779. The molecule has 0 spiro atoms. The molecule has 0 N–H and O–H groups in total. The number of hydrogen-bond donors (Lipinski definition) is 0. The third-order valence-corrected chi connectivity index (χ3v) is 4.69. The average Bonchev–Trinajstić information content (AvgIpc) is 3.00. The van der Waals surface area contributed by atoms with Crippen LogP contribution in [0.3, 0.4) is 0 Å². The summed E-state index contributed by atoms with van der Waals surface area (Å²) in [7, 11) is 1.82. The molecule has 0 aliphatic carbocycles. The Hall–Kier alpha value is -2.44. The van der Waals surface area contributed by atoms with Crippen molar-refractivity contribution < 1.29 is 4.79 Å². The van der Waals surface area contributed by atoms with Crippen LogP contribution in [0.1, 0.15) is 46.8 Å². The molecule has 120 valence electrons. The van der Waals surface area contributed by atoms with Crippen molar-refractivity contribution >= 4 is 11.7 Å². The quantitative estimate of drug-likeness (QED) is 0.839. The molecule has 2 aromatic heterocycles. The molecular formula is C16H20N6O. The first-order valence-corrected chi connectivity index (χ1v) is 7.96. The minimum Gasteiger partial charge on any atom is -0.356 e. The van der Waals surface area contributed by atoms with E-state index in [1.165, 1.54) is 6.42 Å². The van der Waals surface area contributed by atoms with Gasteiger partial charge in [-0.25, -0.2) is 9.97 Å². The van der Waals surface area contributed by atoms with Crippen molar-refractivity contribution in [3.63, 3.8) is 0 Å². The van der Waals surface area contributed by atoms with E-state index >= 15 is 0 Å².